The predicted octanol–water partition coefficient (Wildman–Crippen LogP) is 6.85. The summed E-state index contributed by atoms with van der Waals surface area (Å²) >= 11 is 0. The van der Waals surface area contributed by atoms with E-state index in [1.807, 2.05) is 42.6 Å². The molecule has 0 aliphatic heterocycles. The number of hydrogen-bond acceptors (Lipinski definition) is 5. The number of hydrogen-bond donors (Lipinski definition) is 1. The zero-order valence-electron chi connectivity index (χ0n) is 20.5. The van der Waals surface area contributed by atoms with Gasteiger partial charge in [0.1, 0.15) is 11.3 Å². The Morgan fingerprint density at radius 2 is 1.68 bits per heavy atom. The van der Waals surface area contributed by atoms with E-state index in [-0.39, 0.29) is 6.04 Å². The van der Waals surface area contributed by atoms with Crippen LogP contribution in [-0.2, 0) is 19.5 Å². The molecule has 3 heterocycles. The number of imidazole rings is 1. The minimum atomic E-state index is 0.245. The monoisotopic (exact) mass is 485 g/mol. The van der Waals surface area contributed by atoms with Crippen molar-refractivity contribution in [2.75, 3.05) is 0 Å². The molecular formula is C31H27N5O. The van der Waals surface area contributed by atoms with Gasteiger partial charge in [-0.25, -0.2) is 9.97 Å². The average molecular weight is 486 g/mol. The van der Waals surface area contributed by atoms with Crippen LogP contribution in [-0.4, -0.2) is 24.8 Å². The molecule has 1 aliphatic rings. The third-order valence-electron chi connectivity index (χ3n) is 7.28. The Labute approximate surface area is 215 Å². The lowest BCUT2D eigenvalue weighted by Crippen LogP contribution is -2.31. The minimum absolute atomic E-state index is 0.245. The van der Waals surface area contributed by atoms with Crippen LogP contribution in [0.15, 0.2) is 95.5 Å². The van der Waals surface area contributed by atoms with Gasteiger partial charge in [-0.1, -0.05) is 42.5 Å². The SMILES string of the molecule is c1cnc2c(c1)CCCC2N(Cc1ccc(-c2nc3ccccc3o2)cc1)Cc1nc2ccccc2[nH]1. The molecule has 6 aromatic rings. The summed E-state index contributed by atoms with van der Waals surface area (Å²) in [7, 11) is 0. The van der Waals surface area contributed by atoms with Crippen molar-refractivity contribution >= 4 is 22.1 Å². The normalized spacial score (nSPS) is 15.4. The fourth-order valence-electron chi connectivity index (χ4n) is 5.47. The Kier molecular flexibility index (Phi) is 5.52. The zero-order valence-corrected chi connectivity index (χ0v) is 20.5. The Bertz CT molecular complexity index is 1620. The molecule has 7 rings (SSSR count). The molecule has 6 heteroatoms. The molecular weight excluding hydrogens is 458 g/mol. The molecule has 182 valence electrons. The number of H-pyrrole nitrogens is 1. The Morgan fingerprint density at radius 3 is 2.54 bits per heavy atom. The summed E-state index contributed by atoms with van der Waals surface area (Å²) in [6.07, 6.45) is 5.27. The van der Waals surface area contributed by atoms with Gasteiger partial charge in [0.25, 0.3) is 0 Å². The standard InChI is InChI=1S/C31H27N5O/c1-2-10-25-24(9-1)33-29(34-25)20-36(27-12-5-7-22-8-6-18-32-30(22)27)19-21-14-16-23(17-15-21)31-35-26-11-3-4-13-28(26)37-31/h1-4,6,8-11,13-18,27H,5,7,12,19-20H2,(H,33,34). The molecule has 0 saturated carbocycles. The number of aromatic nitrogens is 4. The highest BCUT2D eigenvalue weighted by Gasteiger charge is 2.28. The second kappa shape index (κ2) is 9.30. The zero-order chi connectivity index (χ0) is 24.6. The molecule has 1 unspecified atom stereocenters. The van der Waals surface area contributed by atoms with Crippen LogP contribution in [0.4, 0.5) is 0 Å². The first-order valence-corrected chi connectivity index (χ1v) is 12.9. The van der Waals surface area contributed by atoms with Crippen LogP contribution >= 0.6 is 0 Å². The molecule has 0 saturated heterocycles. The van der Waals surface area contributed by atoms with Crippen LogP contribution in [0.5, 0.6) is 0 Å². The molecule has 0 amide bonds. The summed E-state index contributed by atoms with van der Waals surface area (Å²) in [4.78, 5) is 20.4. The van der Waals surface area contributed by atoms with Gasteiger partial charge in [-0.05, 0) is 72.9 Å². The van der Waals surface area contributed by atoms with E-state index in [4.69, 9.17) is 14.4 Å². The van der Waals surface area contributed by atoms with Gasteiger partial charge in [0.2, 0.25) is 5.89 Å². The quantitative estimate of drug-likeness (QED) is 0.279. The number of nitrogens with zero attached hydrogens (tertiary/aromatic N) is 4. The Hall–Kier alpha value is -4.29. The first-order valence-electron chi connectivity index (χ1n) is 12.9. The number of para-hydroxylation sites is 4. The van der Waals surface area contributed by atoms with E-state index in [0.717, 1.165) is 65.9 Å². The predicted molar refractivity (Wildman–Crippen MR) is 145 cm³/mol. The number of aryl methyl sites for hydroxylation is 1. The maximum absolute atomic E-state index is 5.97. The lowest BCUT2D eigenvalue weighted by atomic mass is 9.90. The van der Waals surface area contributed by atoms with E-state index in [9.17, 15) is 0 Å². The van der Waals surface area contributed by atoms with Crippen LogP contribution in [0.3, 0.4) is 0 Å². The summed E-state index contributed by atoms with van der Waals surface area (Å²) < 4.78 is 5.97. The van der Waals surface area contributed by atoms with E-state index < -0.39 is 0 Å². The number of benzene rings is 3. The number of nitrogens with one attached hydrogen (secondary N) is 1. The van der Waals surface area contributed by atoms with Gasteiger partial charge in [-0.15, -0.1) is 0 Å². The van der Waals surface area contributed by atoms with E-state index in [1.165, 1.54) is 16.8 Å². The largest absolute Gasteiger partial charge is 0.436 e. The third kappa shape index (κ3) is 4.30. The van der Waals surface area contributed by atoms with Crippen LogP contribution in [0, 0.1) is 0 Å². The van der Waals surface area contributed by atoms with Crippen molar-refractivity contribution in [1.29, 1.82) is 0 Å². The fraction of sp³-hybridized carbons (Fsp3) is 0.194. The summed E-state index contributed by atoms with van der Waals surface area (Å²) in [5.41, 5.74) is 8.54. The van der Waals surface area contributed by atoms with E-state index in [1.54, 1.807) is 0 Å². The van der Waals surface area contributed by atoms with Crippen molar-refractivity contribution in [1.82, 2.24) is 24.8 Å². The molecule has 0 fully saturated rings. The first kappa shape index (κ1) is 21.9. The molecule has 3 aromatic heterocycles. The van der Waals surface area contributed by atoms with Crippen LogP contribution < -0.4 is 0 Å². The van der Waals surface area contributed by atoms with Crippen molar-refractivity contribution in [2.24, 2.45) is 0 Å². The Morgan fingerprint density at radius 1 is 0.838 bits per heavy atom. The molecule has 0 radical (unpaired) electrons. The van der Waals surface area contributed by atoms with Gasteiger partial charge in [-0.3, -0.25) is 9.88 Å². The maximum Gasteiger partial charge on any atom is 0.227 e. The van der Waals surface area contributed by atoms with Crippen molar-refractivity contribution in [3.8, 4) is 11.5 Å². The lowest BCUT2D eigenvalue weighted by Gasteiger charge is -2.34. The average Bonchev–Trinajstić information content (AvgIpc) is 3.57. The van der Waals surface area contributed by atoms with Crippen molar-refractivity contribution in [3.63, 3.8) is 0 Å². The second-order valence-corrected chi connectivity index (χ2v) is 9.75. The number of oxazole rings is 1. The molecule has 37 heavy (non-hydrogen) atoms. The summed E-state index contributed by atoms with van der Waals surface area (Å²) in [6.45, 7) is 1.52. The highest BCUT2D eigenvalue weighted by Crippen LogP contribution is 2.35. The summed E-state index contributed by atoms with van der Waals surface area (Å²) in [6, 6.07) is 29.2. The summed E-state index contributed by atoms with van der Waals surface area (Å²) in [5, 5.41) is 0. The molecule has 1 atom stereocenters. The minimum Gasteiger partial charge on any atom is -0.436 e. The molecule has 1 N–H and O–H groups in total. The van der Waals surface area contributed by atoms with Crippen LogP contribution in [0.1, 0.15) is 41.5 Å². The van der Waals surface area contributed by atoms with Gasteiger partial charge in [-0.2, -0.15) is 0 Å². The van der Waals surface area contributed by atoms with Gasteiger partial charge < -0.3 is 9.40 Å². The molecule has 1 aliphatic carbocycles. The topological polar surface area (TPSA) is 70.8 Å². The summed E-state index contributed by atoms with van der Waals surface area (Å²) in [5.74, 6) is 1.63. The van der Waals surface area contributed by atoms with Crippen molar-refractivity contribution in [3.05, 3.63) is 114 Å². The van der Waals surface area contributed by atoms with Crippen LogP contribution in [0.2, 0.25) is 0 Å². The third-order valence-corrected chi connectivity index (χ3v) is 7.28. The first-order chi connectivity index (χ1) is 18.3. The molecule has 6 nitrogen and oxygen atoms in total. The molecule has 0 spiro atoms. The van der Waals surface area contributed by atoms with Crippen LogP contribution in [0.25, 0.3) is 33.6 Å². The molecule has 3 aromatic carbocycles. The lowest BCUT2D eigenvalue weighted by molar-refractivity contribution is 0.153. The van der Waals surface area contributed by atoms with Crippen molar-refractivity contribution in [2.45, 2.75) is 38.4 Å². The number of aromatic amines is 1. The molecule has 0 bridgehead atoms. The Balaban J connectivity index is 1.20. The second-order valence-electron chi connectivity index (χ2n) is 9.75. The van der Waals surface area contributed by atoms with Gasteiger partial charge in [0, 0.05) is 18.3 Å². The number of fused-ring (bicyclic) bond motifs is 3. The van der Waals surface area contributed by atoms with Gasteiger partial charge in [0.15, 0.2) is 5.58 Å². The smallest absolute Gasteiger partial charge is 0.227 e. The van der Waals surface area contributed by atoms with Gasteiger partial charge in [0.05, 0.1) is 29.3 Å². The van der Waals surface area contributed by atoms with E-state index in [0.29, 0.717) is 5.89 Å². The van der Waals surface area contributed by atoms with Crippen molar-refractivity contribution < 1.29 is 4.42 Å². The van der Waals surface area contributed by atoms with Gasteiger partial charge >= 0.3 is 0 Å². The number of pyridine rings is 1. The number of rotatable bonds is 6. The van der Waals surface area contributed by atoms with E-state index >= 15 is 0 Å². The maximum atomic E-state index is 5.97. The van der Waals surface area contributed by atoms with E-state index in [2.05, 4.69) is 63.4 Å². The highest BCUT2D eigenvalue weighted by atomic mass is 16.3. The highest BCUT2D eigenvalue weighted by molar-refractivity contribution is 5.76. The fourth-order valence-corrected chi connectivity index (χ4v) is 5.47.